The van der Waals surface area contributed by atoms with Gasteiger partial charge in [-0.15, -0.1) is 0 Å². The van der Waals surface area contributed by atoms with Gasteiger partial charge in [0.25, 0.3) is 5.91 Å². The number of anilines is 1. The van der Waals surface area contributed by atoms with E-state index in [9.17, 15) is 4.79 Å². The lowest BCUT2D eigenvalue weighted by Gasteiger charge is -2.18. The molecule has 0 aliphatic rings. The smallest absolute Gasteiger partial charge is 0.291 e. The van der Waals surface area contributed by atoms with Crippen LogP contribution in [0.4, 0.5) is 5.69 Å². The molecule has 2 aromatic rings. The molecule has 0 saturated carbocycles. The molecular weight excluding hydrogens is 340 g/mol. The Morgan fingerprint density at radius 2 is 1.96 bits per heavy atom. The van der Waals surface area contributed by atoms with Crippen LogP contribution in [0.1, 0.15) is 55.6 Å². The zero-order valence-corrected chi connectivity index (χ0v) is 16.4. The number of carbonyl (C=O) groups excluding carboxylic acids is 1. The van der Waals surface area contributed by atoms with Gasteiger partial charge in [-0.05, 0) is 43.2 Å². The average Bonchev–Trinajstić information content (AvgIpc) is 3.21. The molecule has 146 valence electrons. The van der Waals surface area contributed by atoms with E-state index < -0.39 is 0 Å². The summed E-state index contributed by atoms with van der Waals surface area (Å²) in [5.74, 6) is 0.838. The van der Waals surface area contributed by atoms with Gasteiger partial charge in [0.15, 0.2) is 11.7 Å². The van der Waals surface area contributed by atoms with Gasteiger partial charge in [-0.2, -0.15) is 0 Å². The number of nitrogens with zero attached hydrogens (tertiary/aromatic N) is 1. The highest BCUT2D eigenvalue weighted by Crippen LogP contribution is 2.12. The molecule has 0 radical (unpaired) electrons. The fraction of sp³-hybridized carbons (Fsp3) is 0.429. The second-order valence-electron chi connectivity index (χ2n) is 6.60. The van der Waals surface area contributed by atoms with Crippen molar-refractivity contribution in [2.45, 2.75) is 52.1 Å². The molecule has 0 aliphatic heterocycles. The third kappa shape index (κ3) is 7.17. The summed E-state index contributed by atoms with van der Waals surface area (Å²) in [5, 5.41) is 9.56. The largest absolute Gasteiger partial charge is 0.459 e. The third-order valence-electron chi connectivity index (χ3n) is 4.26. The van der Waals surface area contributed by atoms with E-state index in [1.807, 2.05) is 24.3 Å². The van der Waals surface area contributed by atoms with Gasteiger partial charge >= 0.3 is 0 Å². The van der Waals surface area contributed by atoms with Gasteiger partial charge in [0.05, 0.1) is 6.26 Å². The molecule has 0 aliphatic carbocycles. The predicted molar refractivity (Wildman–Crippen MR) is 110 cm³/mol. The van der Waals surface area contributed by atoms with E-state index in [-0.39, 0.29) is 5.91 Å². The highest BCUT2D eigenvalue weighted by Gasteiger charge is 2.09. The van der Waals surface area contributed by atoms with E-state index >= 15 is 0 Å². The molecule has 1 amide bonds. The number of benzene rings is 1. The second-order valence-corrected chi connectivity index (χ2v) is 6.60. The minimum atomic E-state index is -0.257. The lowest BCUT2D eigenvalue weighted by atomic mass is 10.1. The summed E-state index contributed by atoms with van der Waals surface area (Å²) in [6, 6.07) is 11.4. The Balaban J connectivity index is 1.78. The number of hydrogen-bond acceptors (Lipinski definition) is 3. The van der Waals surface area contributed by atoms with Crippen LogP contribution >= 0.6 is 0 Å². The molecule has 1 aromatic heterocycles. The molecule has 0 bridgehead atoms. The molecule has 1 atom stereocenters. The Morgan fingerprint density at radius 1 is 1.19 bits per heavy atom. The van der Waals surface area contributed by atoms with Crippen LogP contribution < -0.4 is 16.0 Å². The summed E-state index contributed by atoms with van der Waals surface area (Å²) in [5.41, 5.74) is 1.83. The van der Waals surface area contributed by atoms with Crippen LogP contribution in [0, 0.1) is 0 Å². The standard InChI is InChI=1S/C21H30N4O2/c1-4-5-6-8-16(2)24-21(22-3)23-15-17-10-12-18(13-11-17)25-20(26)19-9-7-14-27-19/h7,9-14,16H,4-6,8,15H2,1-3H3,(H,25,26)(H2,22,23,24). The highest BCUT2D eigenvalue weighted by molar-refractivity contribution is 6.02. The first-order valence-corrected chi connectivity index (χ1v) is 9.53. The van der Waals surface area contributed by atoms with Crippen molar-refractivity contribution in [2.75, 3.05) is 12.4 Å². The number of amides is 1. The predicted octanol–water partition coefficient (Wildman–Crippen LogP) is 4.17. The van der Waals surface area contributed by atoms with Gasteiger partial charge in [0.2, 0.25) is 0 Å². The maximum atomic E-state index is 12.0. The van der Waals surface area contributed by atoms with Crippen molar-refractivity contribution in [1.29, 1.82) is 0 Å². The topological polar surface area (TPSA) is 78.7 Å². The molecule has 6 nitrogen and oxygen atoms in total. The summed E-state index contributed by atoms with van der Waals surface area (Å²) in [6.07, 6.45) is 6.35. The van der Waals surface area contributed by atoms with Crippen molar-refractivity contribution < 1.29 is 9.21 Å². The summed E-state index contributed by atoms with van der Waals surface area (Å²) < 4.78 is 5.09. The SMILES string of the molecule is CCCCCC(C)NC(=NC)NCc1ccc(NC(=O)c2ccco2)cc1. The number of rotatable bonds is 9. The van der Waals surface area contributed by atoms with Gasteiger partial charge in [0, 0.05) is 25.3 Å². The van der Waals surface area contributed by atoms with E-state index in [1.165, 1.54) is 25.5 Å². The van der Waals surface area contributed by atoms with Crippen LogP contribution in [-0.2, 0) is 6.54 Å². The van der Waals surface area contributed by atoms with Crippen molar-refractivity contribution >= 4 is 17.6 Å². The van der Waals surface area contributed by atoms with E-state index in [0.29, 0.717) is 18.3 Å². The fourth-order valence-corrected chi connectivity index (χ4v) is 2.69. The molecule has 6 heteroatoms. The number of carbonyl (C=O) groups is 1. The van der Waals surface area contributed by atoms with Crippen molar-refractivity contribution in [3.63, 3.8) is 0 Å². The molecule has 0 saturated heterocycles. The normalized spacial score (nSPS) is 12.5. The zero-order valence-electron chi connectivity index (χ0n) is 16.4. The van der Waals surface area contributed by atoms with Crippen LogP contribution in [0.25, 0.3) is 0 Å². The van der Waals surface area contributed by atoms with Gasteiger partial charge in [-0.3, -0.25) is 9.79 Å². The molecule has 27 heavy (non-hydrogen) atoms. The summed E-state index contributed by atoms with van der Waals surface area (Å²) in [6.45, 7) is 5.05. The number of unbranched alkanes of at least 4 members (excludes halogenated alkanes) is 2. The second kappa shape index (κ2) is 11.1. The Labute approximate surface area is 161 Å². The number of furan rings is 1. The van der Waals surface area contributed by atoms with Crippen molar-refractivity contribution in [2.24, 2.45) is 4.99 Å². The van der Waals surface area contributed by atoms with Crippen LogP contribution in [0.3, 0.4) is 0 Å². The van der Waals surface area contributed by atoms with Crippen molar-refractivity contribution in [3.05, 3.63) is 54.0 Å². The van der Waals surface area contributed by atoms with Crippen LogP contribution in [0.15, 0.2) is 52.1 Å². The monoisotopic (exact) mass is 370 g/mol. The molecule has 1 heterocycles. The van der Waals surface area contributed by atoms with Gasteiger partial charge in [0.1, 0.15) is 0 Å². The van der Waals surface area contributed by atoms with Crippen LogP contribution in [0.2, 0.25) is 0 Å². The summed E-state index contributed by atoms with van der Waals surface area (Å²) in [4.78, 5) is 16.3. The lowest BCUT2D eigenvalue weighted by Crippen LogP contribution is -2.41. The van der Waals surface area contributed by atoms with Gasteiger partial charge in [-0.25, -0.2) is 0 Å². The zero-order chi connectivity index (χ0) is 19.5. The number of nitrogens with one attached hydrogen (secondary N) is 3. The maximum Gasteiger partial charge on any atom is 0.291 e. The maximum absolute atomic E-state index is 12.0. The number of guanidine groups is 1. The van der Waals surface area contributed by atoms with Gasteiger partial charge in [-0.1, -0.05) is 38.3 Å². The molecule has 1 aromatic carbocycles. The van der Waals surface area contributed by atoms with Crippen LogP contribution in [-0.4, -0.2) is 25.0 Å². The molecule has 2 rings (SSSR count). The molecular formula is C21H30N4O2. The number of hydrogen-bond donors (Lipinski definition) is 3. The van der Waals surface area contributed by atoms with Crippen LogP contribution in [0.5, 0.6) is 0 Å². The average molecular weight is 370 g/mol. The Bertz CT molecular complexity index is 708. The highest BCUT2D eigenvalue weighted by atomic mass is 16.3. The van der Waals surface area contributed by atoms with E-state index in [4.69, 9.17) is 4.42 Å². The quantitative estimate of drug-likeness (QED) is 0.352. The molecule has 0 fully saturated rings. The third-order valence-corrected chi connectivity index (χ3v) is 4.26. The molecule has 0 spiro atoms. The van der Waals surface area contributed by atoms with E-state index in [2.05, 4.69) is 34.8 Å². The minimum Gasteiger partial charge on any atom is -0.459 e. The molecule has 1 unspecified atom stereocenters. The summed E-state index contributed by atoms with van der Waals surface area (Å²) >= 11 is 0. The Hall–Kier alpha value is -2.76. The van der Waals surface area contributed by atoms with Crippen molar-refractivity contribution in [1.82, 2.24) is 10.6 Å². The summed E-state index contributed by atoms with van der Waals surface area (Å²) in [7, 11) is 1.78. The number of aliphatic imine (C=N–C) groups is 1. The van der Waals surface area contributed by atoms with Gasteiger partial charge < -0.3 is 20.4 Å². The first-order chi connectivity index (χ1) is 13.1. The molecule has 3 N–H and O–H groups in total. The first kappa shape index (κ1) is 20.6. The Kier molecular flexibility index (Phi) is 8.42. The Morgan fingerprint density at radius 3 is 2.59 bits per heavy atom. The minimum absolute atomic E-state index is 0.257. The van der Waals surface area contributed by atoms with Crippen molar-refractivity contribution in [3.8, 4) is 0 Å². The lowest BCUT2D eigenvalue weighted by molar-refractivity contribution is 0.0996. The first-order valence-electron chi connectivity index (χ1n) is 9.53. The fourth-order valence-electron chi connectivity index (χ4n) is 2.69. The van der Waals surface area contributed by atoms with E-state index in [1.54, 1.807) is 19.2 Å². The van der Waals surface area contributed by atoms with E-state index in [0.717, 1.165) is 23.6 Å².